The Hall–Kier alpha value is -1.07. The fraction of sp³-hybridized carbons (Fsp3) is 0.500. The summed E-state index contributed by atoms with van der Waals surface area (Å²) in [6.45, 7) is 1.98. The van der Waals surface area contributed by atoms with Crippen LogP contribution in [0.25, 0.3) is 0 Å². The topological polar surface area (TPSA) is 72.2 Å². The van der Waals surface area contributed by atoms with E-state index in [2.05, 4.69) is 4.72 Å². The first-order valence-corrected chi connectivity index (χ1v) is 7.57. The second-order valence-electron chi connectivity index (χ2n) is 4.86. The molecule has 1 atom stereocenters. The lowest BCUT2D eigenvalue weighted by Gasteiger charge is -2.23. The van der Waals surface area contributed by atoms with Gasteiger partial charge in [0, 0.05) is 11.5 Å². The minimum Gasteiger partial charge on any atom is -0.327 e. The Kier molecular flexibility index (Phi) is 2.91. The van der Waals surface area contributed by atoms with E-state index < -0.39 is 10.0 Å². The molecular weight excluding hydrogens is 236 g/mol. The highest BCUT2D eigenvalue weighted by Gasteiger charge is 2.48. The van der Waals surface area contributed by atoms with E-state index in [9.17, 15) is 8.42 Å². The van der Waals surface area contributed by atoms with Crippen molar-refractivity contribution in [1.29, 1.82) is 0 Å². The van der Waals surface area contributed by atoms with Crippen LogP contribution in [0.5, 0.6) is 0 Å². The quantitative estimate of drug-likeness (QED) is 0.854. The SMILES string of the molecule is CC(N)C1(c2ccccc2NS(C)(=O)=O)CC1. The molecule has 0 bridgehead atoms. The molecular formula is C12H18N2O2S. The van der Waals surface area contributed by atoms with Crippen LogP contribution in [0.1, 0.15) is 25.3 Å². The minimum atomic E-state index is -3.25. The fourth-order valence-electron chi connectivity index (χ4n) is 2.31. The van der Waals surface area contributed by atoms with Crippen LogP contribution in [0.3, 0.4) is 0 Å². The second kappa shape index (κ2) is 3.99. The summed E-state index contributed by atoms with van der Waals surface area (Å²) >= 11 is 0. The summed E-state index contributed by atoms with van der Waals surface area (Å²) in [4.78, 5) is 0. The van der Waals surface area contributed by atoms with Gasteiger partial charge in [-0.05, 0) is 31.4 Å². The van der Waals surface area contributed by atoms with E-state index >= 15 is 0 Å². The van der Waals surface area contributed by atoms with Crippen LogP contribution >= 0.6 is 0 Å². The first kappa shape index (κ1) is 12.4. The number of benzene rings is 1. The van der Waals surface area contributed by atoms with Gasteiger partial charge in [0.1, 0.15) is 0 Å². The van der Waals surface area contributed by atoms with Gasteiger partial charge in [-0.25, -0.2) is 8.42 Å². The molecule has 1 aliphatic rings. The molecule has 1 saturated carbocycles. The summed E-state index contributed by atoms with van der Waals surface area (Å²) in [5, 5.41) is 0. The van der Waals surface area contributed by atoms with E-state index in [1.165, 1.54) is 0 Å². The Bertz CT molecular complexity index is 519. The van der Waals surface area contributed by atoms with Gasteiger partial charge in [-0.3, -0.25) is 4.72 Å². The molecule has 1 aromatic rings. The molecule has 0 amide bonds. The molecule has 0 aliphatic heterocycles. The largest absolute Gasteiger partial charge is 0.327 e. The van der Waals surface area contributed by atoms with E-state index in [0.29, 0.717) is 5.69 Å². The van der Waals surface area contributed by atoms with Crippen molar-refractivity contribution in [2.24, 2.45) is 5.73 Å². The lowest BCUT2D eigenvalue weighted by Crippen LogP contribution is -2.32. The van der Waals surface area contributed by atoms with Crippen molar-refractivity contribution in [2.45, 2.75) is 31.2 Å². The normalized spacial score (nSPS) is 19.7. The maximum atomic E-state index is 11.3. The molecule has 5 heteroatoms. The van der Waals surface area contributed by atoms with E-state index in [-0.39, 0.29) is 11.5 Å². The predicted molar refractivity (Wildman–Crippen MR) is 69.5 cm³/mol. The van der Waals surface area contributed by atoms with Crippen molar-refractivity contribution in [1.82, 2.24) is 0 Å². The van der Waals surface area contributed by atoms with Crippen LogP contribution in [0.4, 0.5) is 5.69 Å². The molecule has 1 unspecified atom stereocenters. The van der Waals surface area contributed by atoms with Crippen molar-refractivity contribution >= 4 is 15.7 Å². The standard InChI is InChI=1S/C12H18N2O2S/c1-9(13)12(7-8-12)10-5-3-4-6-11(10)14-17(2,15)16/h3-6,9,14H,7-8,13H2,1-2H3. The van der Waals surface area contributed by atoms with Crippen molar-refractivity contribution in [2.75, 3.05) is 11.0 Å². The highest BCUT2D eigenvalue weighted by atomic mass is 32.2. The molecule has 94 valence electrons. The van der Waals surface area contributed by atoms with E-state index in [4.69, 9.17) is 5.73 Å². The average Bonchev–Trinajstić information content (AvgIpc) is 2.96. The number of para-hydroxylation sites is 1. The summed E-state index contributed by atoms with van der Waals surface area (Å²) < 4.78 is 25.2. The lowest BCUT2D eigenvalue weighted by atomic mass is 9.88. The third kappa shape index (κ3) is 2.45. The van der Waals surface area contributed by atoms with Gasteiger partial charge in [-0.15, -0.1) is 0 Å². The molecule has 2 rings (SSSR count). The number of hydrogen-bond acceptors (Lipinski definition) is 3. The summed E-state index contributed by atoms with van der Waals surface area (Å²) in [7, 11) is -3.25. The van der Waals surface area contributed by atoms with Crippen molar-refractivity contribution < 1.29 is 8.42 Å². The minimum absolute atomic E-state index is 0.0324. The third-order valence-corrected chi connectivity index (χ3v) is 4.01. The number of sulfonamides is 1. The zero-order valence-corrected chi connectivity index (χ0v) is 10.9. The zero-order valence-electron chi connectivity index (χ0n) is 10.1. The third-order valence-electron chi connectivity index (χ3n) is 3.42. The van der Waals surface area contributed by atoms with E-state index in [1.54, 1.807) is 6.07 Å². The van der Waals surface area contributed by atoms with E-state index in [0.717, 1.165) is 24.7 Å². The zero-order chi connectivity index (χ0) is 12.7. The second-order valence-corrected chi connectivity index (χ2v) is 6.61. The summed E-state index contributed by atoms with van der Waals surface area (Å²) in [6, 6.07) is 7.53. The number of nitrogens with one attached hydrogen (secondary N) is 1. The molecule has 3 N–H and O–H groups in total. The Morgan fingerprint density at radius 2 is 1.94 bits per heavy atom. The molecule has 4 nitrogen and oxygen atoms in total. The smallest absolute Gasteiger partial charge is 0.229 e. The fourth-order valence-corrected chi connectivity index (χ4v) is 2.89. The number of rotatable bonds is 4. The van der Waals surface area contributed by atoms with Crippen molar-refractivity contribution in [3.05, 3.63) is 29.8 Å². The summed E-state index contributed by atoms with van der Waals surface area (Å²) in [5.74, 6) is 0. The number of nitrogens with two attached hydrogens (primary N) is 1. The summed E-state index contributed by atoms with van der Waals surface area (Å²) in [6.07, 6.45) is 3.20. The van der Waals surface area contributed by atoms with Gasteiger partial charge >= 0.3 is 0 Å². The van der Waals surface area contributed by atoms with Crippen LogP contribution in [0.2, 0.25) is 0 Å². The summed E-state index contributed by atoms with van der Waals surface area (Å²) in [5.41, 5.74) is 7.64. The Morgan fingerprint density at radius 3 is 2.41 bits per heavy atom. The molecule has 1 aromatic carbocycles. The Labute approximate surface area is 102 Å². The molecule has 0 radical (unpaired) electrons. The molecule has 0 saturated heterocycles. The van der Waals surface area contributed by atoms with Crippen LogP contribution in [-0.4, -0.2) is 20.7 Å². The van der Waals surface area contributed by atoms with Gasteiger partial charge in [0.25, 0.3) is 0 Å². The van der Waals surface area contributed by atoms with Gasteiger partial charge in [0.2, 0.25) is 10.0 Å². The Morgan fingerprint density at radius 1 is 1.35 bits per heavy atom. The monoisotopic (exact) mass is 254 g/mol. The first-order valence-electron chi connectivity index (χ1n) is 5.68. The first-order chi connectivity index (χ1) is 7.85. The van der Waals surface area contributed by atoms with Crippen LogP contribution in [-0.2, 0) is 15.4 Å². The lowest BCUT2D eigenvalue weighted by molar-refractivity contribution is 0.558. The molecule has 0 heterocycles. The molecule has 0 spiro atoms. The van der Waals surface area contributed by atoms with Gasteiger partial charge in [-0.2, -0.15) is 0 Å². The van der Waals surface area contributed by atoms with E-state index in [1.807, 2.05) is 25.1 Å². The highest BCUT2D eigenvalue weighted by Crippen LogP contribution is 2.52. The van der Waals surface area contributed by atoms with Crippen LogP contribution in [0, 0.1) is 0 Å². The van der Waals surface area contributed by atoms with Crippen molar-refractivity contribution in [3.8, 4) is 0 Å². The van der Waals surface area contributed by atoms with Gasteiger partial charge in [0.05, 0.1) is 11.9 Å². The highest BCUT2D eigenvalue weighted by molar-refractivity contribution is 7.92. The average molecular weight is 254 g/mol. The molecule has 0 aromatic heterocycles. The maximum absolute atomic E-state index is 11.3. The van der Waals surface area contributed by atoms with Crippen molar-refractivity contribution in [3.63, 3.8) is 0 Å². The van der Waals surface area contributed by atoms with Crippen LogP contribution < -0.4 is 10.5 Å². The number of hydrogen-bond donors (Lipinski definition) is 2. The molecule has 1 fully saturated rings. The van der Waals surface area contributed by atoms with Gasteiger partial charge < -0.3 is 5.73 Å². The molecule has 17 heavy (non-hydrogen) atoms. The van der Waals surface area contributed by atoms with Gasteiger partial charge in [-0.1, -0.05) is 18.2 Å². The number of anilines is 1. The van der Waals surface area contributed by atoms with Crippen LogP contribution in [0.15, 0.2) is 24.3 Å². The maximum Gasteiger partial charge on any atom is 0.229 e. The van der Waals surface area contributed by atoms with Gasteiger partial charge in [0.15, 0.2) is 0 Å². The predicted octanol–water partition coefficient (Wildman–Crippen LogP) is 1.44. The molecule has 1 aliphatic carbocycles. The Balaban J connectivity index is 2.42.